The minimum atomic E-state index is -0.553. The third-order valence-electron chi connectivity index (χ3n) is 5.70. The summed E-state index contributed by atoms with van der Waals surface area (Å²) in [6.07, 6.45) is 3.94. The molecule has 0 N–H and O–H groups in total. The van der Waals surface area contributed by atoms with Crippen LogP contribution in [0.4, 0.5) is 0 Å². The SMILES string of the molecule is COc1cccc2c1O[C@@]1(CCOC(C)(C)C1)N1N=C(c3ccco3)C[C@H]21. The molecule has 0 radical (unpaired) electrons. The van der Waals surface area contributed by atoms with Crippen LogP contribution in [0.1, 0.15) is 50.5 Å². The van der Waals surface area contributed by atoms with Crippen molar-refractivity contribution in [3.63, 3.8) is 0 Å². The Bertz CT molecular complexity index is 890. The van der Waals surface area contributed by atoms with Crippen LogP contribution in [-0.2, 0) is 4.74 Å². The van der Waals surface area contributed by atoms with Crippen LogP contribution in [0.5, 0.6) is 11.5 Å². The van der Waals surface area contributed by atoms with E-state index >= 15 is 0 Å². The predicted molar refractivity (Wildman–Crippen MR) is 100 cm³/mol. The highest BCUT2D eigenvalue weighted by Gasteiger charge is 2.55. The lowest BCUT2D eigenvalue weighted by molar-refractivity contribution is -0.212. The third kappa shape index (κ3) is 2.54. The Morgan fingerprint density at radius 3 is 2.85 bits per heavy atom. The van der Waals surface area contributed by atoms with Gasteiger partial charge in [0.15, 0.2) is 11.5 Å². The average molecular weight is 368 g/mol. The molecule has 6 nitrogen and oxygen atoms in total. The fourth-order valence-electron chi connectivity index (χ4n) is 4.60. The van der Waals surface area contributed by atoms with E-state index < -0.39 is 5.72 Å². The number of para-hydroxylation sites is 1. The van der Waals surface area contributed by atoms with Gasteiger partial charge in [-0.25, -0.2) is 5.01 Å². The molecule has 3 aliphatic rings. The quantitative estimate of drug-likeness (QED) is 0.798. The fraction of sp³-hybridized carbons (Fsp3) is 0.476. The number of hydrazone groups is 1. The molecule has 2 atom stereocenters. The number of benzene rings is 1. The van der Waals surface area contributed by atoms with Crippen molar-refractivity contribution < 1.29 is 18.6 Å². The first-order valence-corrected chi connectivity index (χ1v) is 9.42. The molecule has 5 rings (SSSR count). The van der Waals surface area contributed by atoms with Crippen LogP contribution >= 0.6 is 0 Å². The van der Waals surface area contributed by atoms with E-state index in [1.165, 1.54) is 0 Å². The zero-order valence-electron chi connectivity index (χ0n) is 15.9. The molecule has 4 heterocycles. The zero-order chi connectivity index (χ0) is 18.6. The molecule has 0 unspecified atom stereocenters. The normalized spacial score (nSPS) is 28.3. The molecule has 0 saturated carbocycles. The summed E-state index contributed by atoms with van der Waals surface area (Å²) in [5.41, 5.74) is 1.22. The van der Waals surface area contributed by atoms with Crippen molar-refractivity contribution in [2.24, 2.45) is 5.10 Å². The molecule has 1 fully saturated rings. The lowest BCUT2D eigenvalue weighted by Crippen LogP contribution is -2.60. The van der Waals surface area contributed by atoms with Crippen molar-refractivity contribution in [2.45, 2.75) is 50.5 Å². The number of fused-ring (bicyclic) bond motifs is 4. The molecule has 3 aliphatic heterocycles. The van der Waals surface area contributed by atoms with Gasteiger partial charge >= 0.3 is 0 Å². The van der Waals surface area contributed by atoms with Crippen LogP contribution in [0.15, 0.2) is 46.1 Å². The van der Waals surface area contributed by atoms with Crippen molar-refractivity contribution in [3.8, 4) is 11.5 Å². The first-order chi connectivity index (χ1) is 13.0. The van der Waals surface area contributed by atoms with Gasteiger partial charge in [-0.2, -0.15) is 5.10 Å². The second-order valence-electron chi connectivity index (χ2n) is 8.05. The molecule has 6 heteroatoms. The lowest BCUT2D eigenvalue weighted by atomic mass is 9.86. The second-order valence-corrected chi connectivity index (χ2v) is 8.05. The van der Waals surface area contributed by atoms with E-state index in [-0.39, 0.29) is 11.6 Å². The molecule has 1 spiro atoms. The van der Waals surface area contributed by atoms with Crippen LogP contribution in [0.3, 0.4) is 0 Å². The Labute approximate surface area is 158 Å². The van der Waals surface area contributed by atoms with E-state index in [2.05, 4.69) is 24.9 Å². The Morgan fingerprint density at radius 2 is 2.11 bits per heavy atom. The van der Waals surface area contributed by atoms with Gasteiger partial charge in [-0.05, 0) is 32.0 Å². The molecule has 1 aromatic carbocycles. The van der Waals surface area contributed by atoms with Crippen molar-refractivity contribution in [2.75, 3.05) is 13.7 Å². The van der Waals surface area contributed by atoms with Gasteiger partial charge in [-0.1, -0.05) is 12.1 Å². The van der Waals surface area contributed by atoms with Gasteiger partial charge in [-0.15, -0.1) is 0 Å². The Balaban J connectivity index is 1.65. The maximum Gasteiger partial charge on any atom is 0.203 e. The van der Waals surface area contributed by atoms with Crippen molar-refractivity contribution >= 4 is 5.71 Å². The highest BCUT2D eigenvalue weighted by molar-refractivity contribution is 5.99. The molecule has 0 bridgehead atoms. The van der Waals surface area contributed by atoms with Crippen LogP contribution in [-0.4, -0.2) is 35.8 Å². The van der Waals surface area contributed by atoms with Crippen LogP contribution < -0.4 is 9.47 Å². The predicted octanol–water partition coefficient (Wildman–Crippen LogP) is 4.12. The standard InChI is InChI=1S/C21H24N2O4/c1-20(2)13-21(9-11-26-20)23-16(12-15(22-23)17-8-5-10-25-17)14-6-4-7-18(24-3)19(14)27-21/h4-8,10,16H,9,11-13H2,1-3H3/t16-,21-/m1/s1. The molecule has 0 aliphatic carbocycles. The van der Waals surface area contributed by atoms with Gasteiger partial charge in [0.25, 0.3) is 0 Å². The Kier molecular flexibility index (Phi) is 3.56. The number of nitrogens with zero attached hydrogens (tertiary/aromatic N) is 2. The van der Waals surface area contributed by atoms with E-state index in [4.69, 9.17) is 23.7 Å². The maximum atomic E-state index is 6.68. The fourth-order valence-corrected chi connectivity index (χ4v) is 4.60. The van der Waals surface area contributed by atoms with Gasteiger partial charge in [0, 0.05) is 24.8 Å². The van der Waals surface area contributed by atoms with Crippen LogP contribution in [0.2, 0.25) is 0 Å². The van der Waals surface area contributed by atoms with Gasteiger partial charge in [0.05, 0.1) is 31.6 Å². The smallest absolute Gasteiger partial charge is 0.203 e. The minimum absolute atomic E-state index is 0.0952. The van der Waals surface area contributed by atoms with Crippen molar-refractivity contribution in [1.29, 1.82) is 0 Å². The van der Waals surface area contributed by atoms with Gasteiger partial charge in [-0.3, -0.25) is 0 Å². The van der Waals surface area contributed by atoms with Crippen LogP contribution in [0, 0.1) is 0 Å². The highest BCUT2D eigenvalue weighted by atomic mass is 16.6. The van der Waals surface area contributed by atoms with Gasteiger partial charge < -0.3 is 18.6 Å². The molecular weight excluding hydrogens is 344 g/mol. The Morgan fingerprint density at radius 1 is 1.22 bits per heavy atom. The number of ether oxygens (including phenoxy) is 3. The largest absolute Gasteiger partial charge is 0.493 e. The second kappa shape index (κ2) is 5.76. The van der Waals surface area contributed by atoms with Gasteiger partial charge in [0.1, 0.15) is 11.5 Å². The summed E-state index contributed by atoms with van der Waals surface area (Å²) >= 11 is 0. The van der Waals surface area contributed by atoms with E-state index in [1.54, 1.807) is 13.4 Å². The molecule has 142 valence electrons. The monoisotopic (exact) mass is 368 g/mol. The number of rotatable bonds is 2. The number of methoxy groups -OCH3 is 1. The van der Waals surface area contributed by atoms with E-state index in [1.807, 2.05) is 24.3 Å². The van der Waals surface area contributed by atoms with E-state index in [9.17, 15) is 0 Å². The number of hydrogen-bond acceptors (Lipinski definition) is 6. The van der Waals surface area contributed by atoms with E-state index in [0.717, 1.165) is 47.8 Å². The maximum absolute atomic E-state index is 6.68. The summed E-state index contributed by atoms with van der Waals surface area (Å²) in [6, 6.07) is 10.0. The number of hydrogen-bond donors (Lipinski definition) is 0. The van der Waals surface area contributed by atoms with E-state index in [0.29, 0.717) is 6.61 Å². The van der Waals surface area contributed by atoms with Crippen molar-refractivity contribution in [3.05, 3.63) is 47.9 Å². The average Bonchev–Trinajstić information content (AvgIpc) is 3.30. The highest BCUT2D eigenvalue weighted by Crippen LogP contribution is 2.54. The molecule has 1 aromatic heterocycles. The lowest BCUT2D eigenvalue weighted by Gasteiger charge is -2.52. The molecule has 0 amide bonds. The summed E-state index contributed by atoms with van der Waals surface area (Å²) in [5.74, 6) is 2.41. The molecular formula is C21H24N2O4. The number of furan rings is 1. The third-order valence-corrected chi connectivity index (χ3v) is 5.70. The summed E-state index contributed by atoms with van der Waals surface area (Å²) in [5, 5.41) is 7.13. The summed E-state index contributed by atoms with van der Waals surface area (Å²) < 4.78 is 23.9. The zero-order valence-corrected chi connectivity index (χ0v) is 15.9. The van der Waals surface area contributed by atoms with Gasteiger partial charge in [0.2, 0.25) is 5.72 Å². The topological polar surface area (TPSA) is 56.4 Å². The van der Waals surface area contributed by atoms with Crippen LogP contribution in [0.25, 0.3) is 0 Å². The summed E-state index contributed by atoms with van der Waals surface area (Å²) in [4.78, 5) is 0. The summed E-state index contributed by atoms with van der Waals surface area (Å²) in [6.45, 7) is 4.85. The summed E-state index contributed by atoms with van der Waals surface area (Å²) in [7, 11) is 1.69. The molecule has 27 heavy (non-hydrogen) atoms. The molecule has 2 aromatic rings. The first kappa shape index (κ1) is 16.7. The Hall–Kier alpha value is -2.47. The first-order valence-electron chi connectivity index (χ1n) is 9.42. The van der Waals surface area contributed by atoms with Crippen molar-refractivity contribution in [1.82, 2.24) is 5.01 Å². The molecule has 1 saturated heterocycles. The minimum Gasteiger partial charge on any atom is -0.493 e.